The molecule has 0 aliphatic rings. The topological polar surface area (TPSA) is 103 Å². The zero-order valence-corrected chi connectivity index (χ0v) is 16.1. The number of halogens is 1. The van der Waals surface area contributed by atoms with Gasteiger partial charge in [-0.2, -0.15) is 10.4 Å². The van der Waals surface area contributed by atoms with Gasteiger partial charge in [-0.15, -0.1) is 5.10 Å². The Morgan fingerprint density at radius 3 is 2.79 bits per heavy atom. The van der Waals surface area contributed by atoms with Crippen LogP contribution in [-0.4, -0.2) is 35.6 Å². The lowest BCUT2D eigenvalue weighted by Crippen LogP contribution is -2.07. The molecule has 2 aromatic carbocycles. The number of hydrogen-bond donors (Lipinski definition) is 3. The number of nitrogens with one attached hydrogen (secondary N) is 2. The highest BCUT2D eigenvalue weighted by atomic mass is 35.5. The highest BCUT2D eigenvalue weighted by molar-refractivity contribution is 6.32. The van der Waals surface area contributed by atoms with Crippen molar-refractivity contribution >= 4 is 33.9 Å². The van der Waals surface area contributed by atoms with Crippen molar-refractivity contribution in [1.29, 1.82) is 5.26 Å². The quantitative estimate of drug-likeness (QED) is 0.499. The van der Waals surface area contributed by atoms with E-state index in [1.807, 2.05) is 18.2 Å². The Morgan fingerprint density at radius 1 is 1.21 bits per heavy atom. The van der Waals surface area contributed by atoms with Crippen molar-refractivity contribution in [3.63, 3.8) is 0 Å². The number of anilines is 2. The summed E-state index contributed by atoms with van der Waals surface area (Å²) >= 11 is 6.18. The SMILES string of the molecule is COc1ccc(CNc2nncc3c(NCCCO)cc(C#N)cc23)cc1Cl. The molecule has 28 heavy (non-hydrogen) atoms. The summed E-state index contributed by atoms with van der Waals surface area (Å²) < 4.78 is 5.17. The molecule has 0 atom stereocenters. The van der Waals surface area contributed by atoms with Gasteiger partial charge in [0.15, 0.2) is 5.82 Å². The fraction of sp³-hybridized carbons (Fsp3) is 0.250. The zero-order valence-electron chi connectivity index (χ0n) is 15.4. The lowest BCUT2D eigenvalue weighted by Gasteiger charge is -2.13. The van der Waals surface area contributed by atoms with Crippen LogP contribution < -0.4 is 15.4 Å². The van der Waals surface area contributed by atoms with Gasteiger partial charge in [-0.05, 0) is 36.2 Å². The summed E-state index contributed by atoms with van der Waals surface area (Å²) in [6.45, 7) is 1.18. The molecule has 0 aliphatic heterocycles. The molecule has 8 heteroatoms. The molecule has 0 radical (unpaired) electrons. The first kappa shape index (κ1) is 19.7. The lowest BCUT2D eigenvalue weighted by atomic mass is 10.1. The summed E-state index contributed by atoms with van der Waals surface area (Å²) in [6, 6.07) is 11.3. The maximum atomic E-state index is 9.37. The van der Waals surface area contributed by atoms with E-state index in [1.54, 1.807) is 25.4 Å². The number of aromatic nitrogens is 2. The van der Waals surface area contributed by atoms with Gasteiger partial charge in [-0.1, -0.05) is 17.7 Å². The Bertz CT molecular complexity index is 1020. The van der Waals surface area contributed by atoms with Gasteiger partial charge in [0.25, 0.3) is 0 Å². The number of methoxy groups -OCH3 is 1. The van der Waals surface area contributed by atoms with E-state index in [2.05, 4.69) is 26.9 Å². The average molecular weight is 398 g/mol. The van der Waals surface area contributed by atoms with Crippen molar-refractivity contribution in [2.75, 3.05) is 30.9 Å². The highest BCUT2D eigenvalue weighted by Gasteiger charge is 2.10. The molecule has 0 aliphatic carbocycles. The van der Waals surface area contributed by atoms with Crippen molar-refractivity contribution in [1.82, 2.24) is 10.2 Å². The summed E-state index contributed by atoms with van der Waals surface area (Å²) in [5.41, 5.74) is 2.26. The number of aliphatic hydroxyl groups is 1. The molecule has 3 rings (SSSR count). The van der Waals surface area contributed by atoms with Gasteiger partial charge in [0.2, 0.25) is 0 Å². The molecular weight excluding hydrogens is 378 g/mol. The van der Waals surface area contributed by atoms with Crippen LogP contribution in [0.4, 0.5) is 11.5 Å². The van der Waals surface area contributed by atoms with Crippen LogP contribution >= 0.6 is 11.6 Å². The fourth-order valence-corrected chi connectivity index (χ4v) is 3.12. The van der Waals surface area contributed by atoms with E-state index >= 15 is 0 Å². The molecule has 0 saturated carbocycles. The zero-order chi connectivity index (χ0) is 19.9. The van der Waals surface area contributed by atoms with Crippen molar-refractivity contribution in [2.45, 2.75) is 13.0 Å². The largest absolute Gasteiger partial charge is 0.495 e. The van der Waals surface area contributed by atoms with Crippen LogP contribution in [0, 0.1) is 11.3 Å². The molecule has 3 aromatic rings. The number of aliphatic hydroxyl groups excluding tert-OH is 1. The van der Waals surface area contributed by atoms with E-state index in [1.165, 1.54) is 0 Å². The minimum absolute atomic E-state index is 0.0971. The van der Waals surface area contributed by atoms with Crippen molar-refractivity contribution in [3.8, 4) is 11.8 Å². The van der Waals surface area contributed by atoms with Gasteiger partial charge in [-0.3, -0.25) is 0 Å². The molecule has 0 spiro atoms. The summed E-state index contributed by atoms with van der Waals surface area (Å²) in [7, 11) is 1.57. The highest BCUT2D eigenvalue weighted by Crippen LogP contribution is 2.30. The smallest absolute Gasteiger partial charge is 0.156 e. The van der Waals surface area contributed by atoms with Crippen LogP contribution in [0.1, 0.15) is 17.5 Å². The van der Waals surface area contributed by atoms with Crippen LogP contribution in [0.2, 0.25) is 5.02 Å². The molecule has 1 heterocycles. The standard InChI is InChI=1S/C20H20ClN5O2/c1-28-19-4-3-13(8-17(19)21)11-24-20-15-7-14(10-22)9-18(23-5-2-6-27)16(15)12-25-26-20/h3-4,7-9,12,23,27H,2,5-6,11H2,1H3,(H,24,26). The Labute approximate surface area is 167 Å². The van der Waals surface area contributed by atoms with Gasteiger partial charge in [0.05, 0.1) is 30.0 Å². The Morgan fingerprint density at radius 2 is 2.07 bits per heavy atom. The fourth-order valence-electron chi connectivity index (χ4n) is 2.84. The number of fused-ring (bicyclic) bond motifs is 1. The van der Waals surface area contributed by atoms with Crippen LogP contribution in [0.15, 0.2) is 36.5 Å². The van der Waals surface area contributed by atoms with Crippen molar-refractivity contribution in [2.24, 2.45) is 0 Å². The number of benzene rings is 2. The second kappa shape index (κ2) is 9.22. The second-order valence-electron chi connectivity index (χ2n) is 6.12. The maximum absolute atomic E-state index is 9.37. The van der Waals surface area contributed by atoms with E-state index in [9.17, 15) is 5.26 Å². The molecule has 7 nitrogen and oxygen atoms in total. The minimum atomic E-state index is 0.0971. The number of nitriles is 1. The molecule has 3 N–H and O–H groups in total. The summed E-state index contributed by atoms with van der Waals surface area (Å²) in [4.78, 5) is 0. The van der Waals surface area contributed by atoms with Gasteiger partial charge in [-0.25, -0.2) is 0 Å². The number of rotatable bonds is 8. The third kappa shape index (κ3) is 4.42. The van der Waals surface area contributed by atoms with Crippen LogP contribution in [0.25, 0.3) is 10.8 Å². The van der Waals surface area contributed by atoms with Gasteiger partial charge in [0.1, 0.15) is 5.75 Å². The average Bonchev–Trinajstić information content (AvgIpc) is 2.72. The minimum Gasteiger partial charge on any atom is -0.495 e. The second-order valence-corrected chi connectivity index (χ2v) is 6.52. The monoisotopic (exact) mass is 397 g/mol. The maximum Gasteiger partial charge on any atom is 0.156 e. The number of ether oxygens (including phenoxy) is 1. The summed E-state index contributed by atoms with van der Waals surface area (Å²) in [5, 5.41) is 35.3. The predicted molar refractivity (Wildman–Crippen MR) is 110 cm³/mol. The first-order chi connectivity index (χ1) is 13.7. The van der Waals surface area contributed by atoms with Crippen molar-refractivity contribution < 1.29 is 9.84 Å². The first-order valence-electron chi connectivity index (χ1n) is 8.77. The van der Waals surface area contributed by atoms with Gasteiger partial charge >= 0.3 is 0 Å². The third-order valence-corrected chi connectivity index (χ3v) is 4.53. The first-order valence-corrected chi connectivity index (χ1v) is 9.14. The molecular formula is C20H20ClN5O2. The normalized spacial score (nSPS) is 10.5. The van der Waals surface area contributed by atoms with E-state index < -0.39 is 0 Å². The predicted octanol–water partition coefficient (Wildman–Crippen LogP) is 3.57. The van der Waals surface area contributed by atoms with E-state index in [0.717, 1.165) is 22.0 Å². The lowest BCUT2D eigenvalue weighted by molar-refractivity contribution is 0.292. The molecule has 144 valence electrons. The Kier molecular flexibility index (Phi) is 6.48. The number of hydrogen-bond acceptors (Lipinski definition) is 7. The van der Waals surface area contributed by atoms with Crippen LogP contribution in [0.5, 0.6) is 5.75 Å². The van der Waals surface area contributed by atoms with Crippen LogP contribution in [-0.2, 0) is 6.54 Å². The summed E-state index contributed by atoms with van der Waals surface area (Å²) in [5.74, 6) is 1.19. The number of nitrogens with zero attached hydrogens (tertiary/aromatic N) is 3. The van der Waals surface area contributed by atoms with E-state index in [4.69, 9.17) is 21.4 Å². The molecule has 0 fully saturated rings. The van der Waals surface area contributed by atoms with E-state index in [-0.39, 0.29) is 6.61 Å². The summed E-state index contributed by atoms with van der Waals surface area (Å²) in [6.07, 6.45) is 2.27. The molecule has 0 amide bonds. The Hall–Kier alpha value is -3.08. The molecule has 0 saturated heterocycles. The van der Waals surface area contributed by atoms with Gasteiger partial charge < -0.3 is 20.5 Å². The molecule has 0 bridgehead atoms. The van der Waals surface area contributed by atoms with E-state index in [0.29, 0.717) is 41.7 Å². The molecule has 1 aromatic heterocycles. The third-order valence-electron chi connectivity index (χ3n) is 4.24. The van der Waals surface area contributed by atoms with Crippen LogP contribution in [0.3, 0.4) is 0 Å². The van der Waals surface area contributed by atoms with Gasteiger partial charge in [0, 0.05) is 36.2 Å². The Balaban J connectivity index is 1.89. The van der Waals surface area contributed by atoms with Crippen molar-refractivity contribution in [3.05, 3.63) is 52.7 Å². The molecule has 0 unspecified atom stereocenters.